The van der Waals surface area contributed by atoms with Gasteiger partial charge in [0, 0.05) is 23.1 Å². The third-order valence-corrected chi connectivity index (χ3v) is 5.40. The van der Waals surface area contributed by atoms with Crippen LogP contribution >= 0.6 is 11.6 Å². The van der Waals surface area contributed by atoms with Crippen molar-refractivity contribution < 1.29 is 8.42 Å². The van der Waals surface area contributed by atoms with Crippen LogP contribution in [0.3, 0.4) is 0 Å². The first-order valence-electron chi connectivity index (χ1n) is 6.78. The normalized spacial score (nSPS) is 17.4. The van der Waals surface area contributed by atoms with Gasteiger partial charge >= 0.3 is 0 Å². The van der Waals surface area contributed by atoms with Gasteiger partial charge in [-0.05, 0) is 37.5 Å². The quantitative estimate of drug-likeness (QED) is 0.848. The van der Waals surface area contributed by atoms with Crippen molar-refractivity contribution in [2.24, 2.45) is 0 Å². The molecule has 0 aliphatic heterocycles. The van der Waals surface area contributed by atoms with Crippen LogP contribution in [0, 0.1) is 0 Å². The van der Waals surface area contributed by atoms with Crippen LogP contribution in [-0.2, 0) is 16.6 Å². The van der Waals surface area contributed by atoms with Crippen LogP contribution in [0.2, 0.25) is 5.02 Å². The van der Waals surface area contributed by atoms with E-state index in [9.17, 15) is 8.42 Å². The molecule has 20 heavy (non-hydrogen) atoms. The number of benzene rings is 1. The molecule has 1 saturated carbocycles. The summed E-state index contributed by atoms with van der Waals surface area (Å²) in [5, 5.41) is 3.73. The molecule has 1 aromatic rings. The molecule has 0 atom stereocenters. The number of hydrogen-bond acceptors (Lipinski definition) is 3. The summed E-state index contributed by atoms with van der Waals surface area (Å²) < 4.78 is 27.2. The van der Waals surface area contributed by atoms with Crippen molar-refractivity contribution in [3.05, 3.63) is 28.8 Å². The Kier molecular flexibility index (Phi) is 4.44. The fraction of sp³-hybridized carbons (Fsp3) is 0.571. The summed E-state index contributed by atoms with van der Waals surface area (Å²) in [6.07, 6.45) is 1.77. The van der Waals surface area contributed by atoms with Gasteiger partial charge in [-0.15, -0.1) is 0 Å². The molecule has 6 heteroatoms. The van der Waals surface area contributed by atoms with Crippen molar-refractivity contribution in [3.63, 3.8) is 0 Å². The largest absolute Gasteiger partial charge is 0.310 e. The third-order valence-electron chi connectivity index (χ3n) is 3.42. The number of halogens is 1. The van der Waals surface area contributed by atoms with Crippen molar-refractivity contribution in [3.8, 4) is 0 Å². The smallest absolute Gasteiger partial charge is 0.241 e. The Labute approximate surface area is 126 Å². The van der Waals surface area contributed by atoms with Gasteiger partial charge in [0.25, 0.3) is 0 Å². The molecule has 0 heterocycles. The molecule has 0 radical (unpaired) electrons. The van der Waals surface area contributed by atoms with Gasteiger partial charge in [0.05, 0.1) is 4.90 Å². The zero-order chi connectivity index (χ0) is 15.0. The highest BCUT2D eigenvalue weighted by Crippen LogP contribution is 2.36. The van der Waals surface area contributed by atoms with E-state index < -0.39 is 10.0 Å². The van der Waals surface area contributed by atoms with E-state index in [1.807, 2.05) is 20.8 Å². The molecule has 1 fully saturated rings. The van der Waals surface area contributed by atoms with Crippen LogP contribution in [0.1, 0.15) is 39.2 Å². The summed E-state index contributed by atoms with van der Waals surface area (Å²) in [7, 11) is -3.48. The van der Waals surface area contributed by atoms with Crippen LogP contribution in [0.25, 0.3) is 0 Å². The Balaban J connectivity index is 2.15. The minimum absolute atomic E-state index is 0.226. The minimum Gasteiger partial charge on any atom is -0.310 e. The van der Waals surface area contributed by atoms with E-state index >= 15 is 0 Å². The first-order valence-corrected chi connectivity index (χ1v) is 8.64. The average molecular weight is 317 g/mol. The van der Waals surface area contributed by atoms with Crippen LogP contribution in [0.15, 0.2) is 23.1 Å². The molecule has 4 nitrogen and oxygen atoms in total. The van der Waals surface area contributed by atoms with Gasteiger partial charge in [0.15, 0.2) is 0 Å². The third kappa shape index (κ3) is 3.95. The van der Waals surface area contributed by atoms with E-state index in [2.05, 4.69) is 10.0 Å². The molecule has 0 amide bonds. The molecule has 1 aliphatic carbocycles. The monoisotopic (exact) mass is 316 g/mol. The fourth-order valence-electron chi connectivity index (χ4n) is 1.83. The van der Waals surface area contributed by atoms with Crippen molar-refractivity contribution in [1.82, 2.24) is 10.0 Å². The van der Waals surface area contributed by atoms with Gasteiger partial charge in [0.2, 0.25) is 10.0 Å². The number of sulfonamides is 1. The Morgan fingerprint density at radius 2 is 2.00 bits per heavy atom. The Morgan fingerprint density at radius 1 is 1.35 bits per heavy atom. The first kappa shape index (κ1) is 15.8. The summed E-state index contributed by atoms with van der Waals surface area (Å²) in [6.45, 7) is 6.63. The van der Waals surface area contributed by atoms with Crippen molar-refractivity contribution in [2.45, 2.75) is 56.6 Å². The van der Waals surface area contributed by atoms with Gasteiger partial charge in [-0.25, -0.2) is 13.1 Å². The van der Waals surface area contributed by atoms with E-state index in [4.69, 9.17) is 11.6 Å². The Hall–Kier alpha value is -0.620. The lowest BCUT2D eigenvalue weighted by molar-refractivity contribution is 0.557. The van der Waals surface area contributed by atoms with Crippen LogP contribution in [-0.4, -0.2) is 20.0 Å². The number of rotatable bonds is 6. The molecule has 1 aliphatic rings. The van der Waals surface area contributed by atoms with Gasteiger partial charge in [-0.3, -0.25) is 0 Å². The Bertz CT molecular complexity index is 595. The van der Waals surface area contributed by atoms with Crippen molar-refractivity contribution >= 4 is 21.6 Å². The maximum absolute atomic E-state index is 12.2. The summed E-state index contributed by atoms with van der Waals surface area (Å²) >= 11 is 6.17. The van der Waals surface area contributed by atoms with E-state index in [1.54, 1.807) is 12.1 Å². The van der Waals surface area contributed by atoms with Crippen LogP contribution in [0.5, 0.6) is 0 Å². The van der Waals surface area contributed by atoms with E-state index in [0.717, 1.165) is 18.4 Å². The molecule has 0 spiro atoms. The minimum atomic E-state index is -3.48. The summed E-state index contributed by atoms with van der Waals surface area (Å²) in [6, 6.07) is 5.25. The second-order valence-electron chi connectivity index (χ2n) is 5.95. The lowest BCUT2D eigenvalue weighted by atomic mass is 10.2. The number of hydrogen-bond donors (Lipinski definition) is 2. The van der Waals surface area contributed by atoms with Crippen LogP contribution < -0.4 is 10.0 Å². The molecule has 0 saturated heterocycles. The number of nitrogens with one attached hydrogen (secondary N) is 2. The predicted octanol–water partition coefficient (Wildman–Crippen LogP) is 2.67. The lowest BCUT2D eigenvalue weighted by Crippen LogP contribution is -2.34. The fourth-order valence-corrected chi connectivity index (χ4v) is 3.63. The summed E-state index contributed by atoms with van der Waals surface area (Å²) in [5.74, 6) is 0. The molecule has 2 N–H and O–H groups in total. The Morgan fingerprint density at radius 3 is 2.50 bits per heavy atom. The van der Waals surface area contributed by atoms with E-state index in [-0.39, 0.29) is 10.4 Å². The molecule has 0 aromatic heterocycles. The molecule has 0 bridgehead atoms. The van der Waals surface area contributed by atoms with Gasteiger partial charge in [-0.1, -0.05) is 31.5 Å². The summed E-state index contributed by atoms with van der Waals surface area (Å²) in [5.41, 5.74) is 0.625. The highest BCUT2D eigenvalue weighted by molar-refractivity contribution is 7.89. The predicted molar refractivity (Wildman–Crippen MR) is 81.4 cm³/mol. The maximum atomic E-state index is 12.2. The van der Waals surface area contributed by atoms with E-state index in [1.165, 1.54) is 6.07 Å². The molecule has 1 aromatic carbocycles. The standard InChI is InChI=1S/C14H21ClN2O2S/c1-10(2)16-9-11-4-5-12(8-13(11)15)20(18,19)17-14(3)6-7-14/h4-5,8,10,16-17H,6-7,9H2,1-3H3. The molecule has 112 valence electrons. The highest BCUT2D eigenvalue weighted by atomic mass is 35.5. The zero-order valence-electron chi connectivity index (χ0n) is 12.0. The summed E-state index contributed by atoms with van der Waals surface area (Å²) in [4.78, 5) is 0.226. The zero-order valence-corrected chi connectivity index (χ0v) is 13.6. The van der Waals surface area contributed by atoms with Gasteiger partial charge in [-0.2, -0.15) is 0 Å². The first-order chi connectivity index (χ1) is 9.22. The highest BCUT2D eigenvalue weighted by Gasteiger charge is 2.41. The second-order valence-corrected chi connectivity index (χ2v) is 8.04. The lowest BCUT2D eigenvalue weighted by Gasteiger charge is -2.14. The second kappa shape index (κ2) is 5.64. The average Bonchev–Trinajstić information content (AvgIpc) is 3.03. The van der Waals surface area contributed by atoms with Crippen LogP contribution in [0.4, 0.5) is 0 Å². The maximum Gasteiger partial charge on any atom is 0.241 e. The topological polar surface area (TPSA) is 58.2 Å². The van der Waals surface area contributed by atoms with Crippen molar-refractivity contribution in [2.75, 3.05) is 0 Å². The molecular formula is C14H21ClN2O2S. The SMILES string of the molecule is CC(C)NCc1ccc(S(=O)(=O)NC2(C)CC2)cc1Cl. The van der Waals surface area contributed by atoms with Gasteiger partial charge in [0.1, 0.15) is 0 Å². The molecular weight excluding hydrogens is 296 g/mol. The molecule has 0 unspecified atom stereocenters. The van der Waals surface area contributed by atoms with Gasteiger partial charge < -0.3 is 5.32 Å². The van der Waals surface area contributed by atoms with Crippen molar-refractivity contribution in [1.29, 1.82) is 0 Å². The van der Waals surface area contributed by atoms with E-state index in [0.29, 0.717) is 17.6 Å². The molecule has 2 rings (SSSR count).